The number of esters is 1. The first-order valence-electron chi connectivity index (χ1n) is 14.4. The van der Waals surface area contributed by atoms with Crippen molar-refractivity contribution in [3.63, 3.8) is 0 Å². The van der Waals surface area contributed by atoms with Crippen LogP contribution in [0.3, 0.4) is 0 Å². The van der Waals surface area contributed by atoms with E-state index in [-0.39, 0.29) is 18.4 Å². The molecule has 2 aliphatic rings. The second-order valence-electron chi connectivity index (χ2n) is 10.7. The zero-order valence-electron chi connectivity index (χ0n) is 25.6. The third-order valence-electron chi connectivity index (χ3n) is 7.70. The van der Waals surface area contributed by atoms with Gasteiger partial charge in [0.15, 0.2) is 12.1 Å². The Hall–Kier alpha value is -4.74. The van der Waals surface area contributed by atoms with Gasteiger partial charge in [0.1, 0.15) is 28.7 Å². The van der Waals surface area contributed by atoms with Gasteiger partial charge in [-0.25, -0.2) is 9.59 Å². The molecule has 0 bridgehead atoms. The van der Waals surface area contributed by atoms with Crippen LogP contribution in [0.1, 0.15) is 50.3 Å². The Labute approximate surface area is 266 Å². The van der Waals surface area contributed by atoms with Crippen molar-refractivity contribution >= 4 is 50.5 Å². The molecule has 1 saturated heterocycles. The number of ether oxygens (including phenoxy) is 3. The molecular weight excluding hydrogens is 594 g/mol. The molecule has 3 aromatic rings. The summed E-state index contributed by atoms with van der Waals surface area (Å²) < 4.78 is 17.6. The Morgan fingerprint density at radius 3 is 2.58 bits per heavy atom. The normalized spacial score (nSPS) is 15.5. The Kier molecular flexibility index (Phi) is 10.9. The van der Waals surface area contributed by atoms with Crippen molar-refractivity contribution in [3.05, 3.63) is 90.0 Å². The first-order valence-corrected chi connectivity index (χ1v) is 15.2. The number of likely N-dealkylation sites (tertiary alicyclic amines) is 1. The molecule has 1 fully saturated rings. The van der Waals surface area contributed by atoms with Crippen molar-refractivity contribution in [2.75, 3.05) is 46.2 Å². The van der Waals surface area contributed by atoms with Crippen molar-refractivity contribution in [1.29, 1.82) is 0 Å². The number of fused-ring (bicyclic) bond motifs is 2. The zero-order chi connectivity index (χ0) is 32.6. The lowest BCUT2D eigenvalue weighted by Crippen LogP contribution is -2.50. The molecule has 5 rings (SSSR count). The van der Waals surface area contributed by atoms with Gasteiger partial charge in [0, 0.05) is 38.4 Å². The molecule has 3 heterocycles. The average Bonchev–Trinajstić information content (AvgIpc) is 3.41. The topological polar surface area (TPSA) is 123 Å². The maximum absolute atomic E-state index is 12.7. The van der Waals surface area contributed by atoms with E-state index >= 15 is 0 Å². The Morgan fingerprint density at radius 1 is 1.18 bits per heavy atom. The number of ketones is 1. The van der Waals surface area contributed by atoms with Gasteiger partial charge >= 0.3 is 12.0 Å². The van der Waals surface area contributed by atoms with Crippen LogP contribution >= 0.6 is 11.3 Å². The van der Waals surface area contributed by atoms with Crippen LogP contribution in [0.15, 0.2) is 73.4 Å². The highest BCUT2D eigenvalue weighted by Gasteiger charge is 2.42. The summed E-state index contributed by atoms with van der Waals surface area (Å²) >= 11 is 1.32. The van der Waals surface area contributed by atoms with E-state index < -0.39 is 11.6 Å². The molecule has 45 heavy (non-hydrogen) atoms. The minimum Gasteiger partial charge on any atom is -0.495 e. The van der Waals surface area contributed by atoms with Gasteiger partial charge in [0.2, 0.25) is 0 Å². The van der Waals surface area contributed by atoms with E-state index in [0.29, 0.717) is 39.6 Å². The number of carbonyl (C=O) groups excluding carboxylic acids is 4. The van der Waals surface area contributed by atoms with Gasteiger partial charge < -0.3 is 24.4 Å². The number of methoxy groups -OCH3 is 1. The van der Waals surface area contributed by atoms with Gasteiger partial charge in [-0.05, 0) is 36.9 Å². The molecule has 0 atom stereocenters. The predicted molar refractivity (Wildman–Crippen MR) is 176 cm³/mol. The Morgan fingerprint density at radius 2 is 1.93 bits per heavy atom. The second kappa shape index (κ2) is 14.8. The highest BCUT2D eigenvalue weighted by molar-refractivity contribution is 7.23. The highest BCUT2D eigenvalue weighted by Crippen LogP contribution is 2.41. The number of amides is 2. The van der Waals surface area contributed by atoms with Crippen molar-refractivity contribution in [2.24, 2.45) is 0 Å². The number of thiophene rings is 1. The number of carbonyl (C=O) groups is 4. The standard InChI is InChI=1S/C22H25NO4.C12H12N2O3S/c1-4-6-16(5-2)15-26-21(25)17-7-8-20-18(13-17)19(24)14-22(27-20)9-11-23(3)12-10-22;1-13-12(16)14-11-8(6-15)7-4-3-5-9(17-2)10(7)18-11/h4-8,13H,1-2,9-12,14-15H2,3H3;3-6H,1-2H3,(H2,13,14,16)/b16-6+;. The molecule has 2 N–H and O–H groups in total. The lowest BCUT2D eigenvalue weighted by Gasteiger charge is -2.43. The van der Waals surface area contributed by atoms with E-state index in [2.05, 4.69) is 35.7 Å². The zero-order valence-corrected chi connectivity index (χ0v) is 26.5. The summed E-state index contributed by atoms with van der Waals surface area (Å²) in [6, 6.07) is 10.0. The number of rotatable bonds is 8. The number of hydrogen-bond donors (Lipinski definition) is 2. The number of hydrogen-bond acceptors (Lipinski definition) is 9. The van der Waals surface area contributed by atoms with Crippen molar-refractivity contribution in [3.8, 4) is 11.5 Å². The summed E-state index contributed by atoms with van der Waals surface area (Å²) in [6.45, 7) is 9.22. The summed E-state index contributed by atoms with van der Waals surface area (Å²) in [5, 5.41) is 6.38. The van der Waals surface area contributed by atoms with E-state index in [1.54, 1.807) is 43.5 Å². The number of nitrogens with one attached hydrogen (secondary N) is 2. The fourth-order valence-electron chi connectivity index (χ4n) is 5.13. The maximum Gasteiger partial charge on any atom is 0.338 e. The second-order valence-corrected chi connectivity index (χ2v) is 11.7. The highest BCUT2D eigenvalue weighted by atomic mass is 32.1. The van der Waals surface area contributed by atoms with Crippen LogP contribution in [0.5, 0.6) is 11.5 Å². The minimum absolute atomic E-state index is 0.0220. The number of benzene rings is 2. The maximum atomic E-state index is 12.7. The molecule has 1 spiro atoms. The number of anilines is 1. The average molecular weight is 632 g/mol. The van der Waals surface area contributed by atoms with Crippen LogP contribution in [0.25, 0.3) is 10.1 Å². The molecule has 0 aliphatic carbocycles. The van der Waals surface area contributed by atoms with E-state index in [1.165, 1.54) is 18.4 Å². The minimum atomic E-state index is -0.484. The third kappa shape index (κ3) is 7.68. The summed E-state index contributed by atoms with van der Waals surface area (Å²) in [6.07, 6.45) is 7.71. The number of piperidine rings is 1. The van der Waals surface area contributed by atoms with Crippen molar-refractivity contribution < 1.29 is 33.4 Å². The van der Waals surface area contributed by atoms with E-state index in [1.807, 2.05) is 18.2 Å². The molecule has 10 nitrogen and oxygen atoms in total. The number of Topliss-reactive ketones (excluding diaryl/α,β-unsaturated/α-hetero) is 1. The molecule has 0 unspecified atom stereocenters. The smallest absolute Gasteiger partial charge is 0.338 e. The van der Waals surface area contributed by atoms with Crippen LogP contribution in [0.4, 0.5) is 9.80 Å². The number of aldehydes is 1. The lowest BCUT2D eigenvalue weighted by atomic mass is 9.82. The number of allylic oxidation sites excluding steroid dienone is 2. The molecule has 2 aromatic carbocycles. The summed E-state index contributed by atoms with van der Waals surface area (Å²) in [5.74, 6) is 0.784. The van der Waals surface area contributed by atoms with Gasteiger partial charge in [-0.1, -0.05) is 43.5 Å². The SMILES string of the molecule is C=C/C=C(\C=C)COC(=O)c1ccc2c(c1)C(=O)CC1(CCN(C)CC1)O2.CNC(=O)Nc1sc2c(OC)cccc2c1C=O. The third-order valence-corrected chi connectivity index (χ3v) is 8.85. The number of nitrogens with zero attached hydrogens (tertiary/aromatic N) is 1. The van der Waals surface area contributed by atoms with Crippen LogP contribution in [-0.4, -0.2) is 75.5 Å². The van der Waals surface area contributed by atoms with Crippen LogP contribution in [-0.2, 0) is 4.74 Å². The fourth-order valence-corrected chi connectivity index (χ4v) is 6.29. The van der Waals surface area contributed by atoms with Gasteiger partial charge in [-0.15, -0.1) is 11.3 Å². The monoisotopic (exact) mass is 631 g/mol. The largest absolute Gasteiger partial charge is 0.495 e. The molecule has 11 heteroatoms. The Balaban J connectivity index is 0.000000222. The fraction of sp³-hybridized carbons (Fsp3) is 0.294. The van der Waals surface area contributed by atoms with Gasteiger partial charge in [-0.3, -0.25) is 14.9 Å². The lowest BCUT2D eigenvalue weighted by molar-refractivity contribution is -0.00369. The van der Waals surface area contributed by atoms with Crippen molar-refractivity contribution in [2.45, 2.75) is 24.9 Å². The van der Waals surface area contributed by atoms with Crippen molar-refractivity contribution in [1.82, 2.24) is 10.2 Å². The van der Waals surface area contributed by atoms with Crippen LogP contribution in [0.2, 0.25) is 0 Å². The molecule has 236 valence electrons. The van der Waals surface area contributed by atoms with Gasteiger partial charge in [-0.2, -0.15) is 0 Å². The first-order chi connectivity index (χ1) is 21.7. The van der Waals surface area contributed by atoms with E-state index in [4.69, 9.17) is 14.2 Å². The summed E-state index contributed by atoms with van der Waals surface area (Å²) in [5.41, 5.74) is 1.61. The number of urea groups is 1. The molecular formula is C34H37N3O7S. The Bertz CT molecular complexity index is 1650. The molecule has 0 radical (unpaired) electrons. The molecule has 2 amide bonds. The summed E-state index contributed by atoms with van der Waals surface area (Å²) in [7, 11) is 5.16. The molecule has 1 aromatic heterocycles. The van der Waals surface area contributed by atoms with Crippen LogP contribution in [0, 0.1) is 0 Å². The molecule has 2 aliphatic heterocycles. The predicted octanol–water partition coefficient (Wildman–Crippen LogP) is 6.05. The summed E-state index contributed by atoms with van der Waals surface area (Å²) in [4.78, 5) is 49.8. The first kappa shape index (κ1) is 33.2. The van der Waals surface area contributed by atoms with Gasteiger partial charge in [0.05, 0.1) is 34.9 Å². The quantitative estimate of drug-likeness (QED) is 0.175. The van der Waals surface area contributed by atoms with E-state index in [9.17, 15) is 19.2 Å². The van der Waals surface area contributed by atoms with Crippen LogP contribution < -0.4 is 20.1 Å². The molecule has 0 saturated carbocycles. The van der Waals surface area contributed by atoms with E-state index in [0.717, 1.165) is 47.9 Å². The van der Waals surface area contributed by atoms with Gasteiger partial charge in [0.25, 0.3) is 0 Å².